The molecule has 0 aromatic heterocycles. The highest BCUT2D eigenvalue weighted by Gasteiger charge is 2.20. The van der Waals surface area contributed by atoms with E-state index in [1.54, 1.807) is 6.92 Å². The Hall–Kier alpha value is -1.63. The van der Waals surface area contributed by atoms with Crippen molar-refractivity contribution in [3.8, 4) is 0 Å². The van der Waals surface area contributed by atoms with Crippen molar-refractivity contribution in [1.29, 1.82) is 0 Å². The average Bonchev–Trinajstić information content (AvgIpc) is 2.41. The maximum Gasteiger partial charge on any atom is 0.335 e. The zero-order valence-electron chi connectivity index (χ0n) is 16.0. The van der Waals surface area contributed by atoms with Crippen LogP contribution in [0.3, 0.4) is 0 Å². The molecule has 0 spiro atoms. The highest BCUT2D eigenvalue weighted by atomic mass is 16.6. The Morgan fingerprint density at radius 2 is 1.71 bits per heavy atom. The minimum absolute atomic E-state index is 0.0892. The third-order valence-corrected chi connectivity index (χ3v) is 3.05. The molecule has 0 aromatic carbocycles. The number of hydrogen-bond acceptors (Lipinski definition) is 5. The summed E-state index contributed by atoms with van der Waals surface area (Å²) in [4.78, 5) is 36.6. The van der Waals surface area contributed by atoms with Crippen molar-refractivity contribution in [3.05, 3.63) is 0 Å². The van der Waals surface area contributed by atoms with Gasteiger partial charge in [0.15, 0.2) is 12.7 Å². The van der Waals surface area contributed by atoms with Crippen LogP contribution in [0.5, 0.6) is 0 Å². The van der Waals surface area contributed by atoms with Crippen molar-refractivity contribution in [1.82, 2.24) is 10.2 Å². The number of carbonyl (C=O) groups excluding carboxylic acids is 3. The molecule has 0 saturated heterocycles. The lowest BCUT2D eigenvalue weighted by molar-refractivity contribution is -0.161. The van der Waals surface area contributed by atoms with Crippen LogP contribution < -0.4 is 5.32 Å². The second-order valence-corrected chi connectivity index (χ2v) is 7.35. The zero-order chi connectivity index (χ0) is 18.9. The first kappa shape index (κ1) is 22.4. The molecule has 0 rings (SSSR count). The minimum Gasteiger partial charge on any atom is -0.454 e. The molecular formula is C17H32N2O5. The van der Waals surface area contributed by atoms with Gasteiger partial charge in [0.25, 0.3) is 5.91 Å². The molecule has 7 heteroatoms. The molecule has 24 heavy (non-hydrogen) atoms. The van der Waals surface area contributed by atoms with Crippen molar-refractivity contribution in [2.24, 2.45) is 5.92 Å². The van der Waals surface area contributed by atoms with Crippen LogP contribution in [-0.4, -0.2) is 61.1 Å². The molecule has 7 nitrogen and oxygen atoms in total. The number of nitrogens with zero attached hydrogens (tertiary/aromatic N) is 1. The second kappa shape index (κ2) is 10.3. The van der Waals surface area contributed by atoms with E-state index in [2.05, 4.69) is 19.2 Å². The van der Waals surface area contributed by atoms with Crippen LogP contribution in [0.25, 0.3) is 0 Å². The highest BCUT2D eigenvalue weighted by molar-refractivity contribution is 5.86. The molecule has 140 valence electrons. The standard InChI is InChI=1S/C17H32N2O5/c1-12(2)8-9-23-13(3)16(22)24-11-15(21)19(7)10-14(20)18-17(4,5)6/h12-13H,8-11H2,1-7H3,(H,18,20). The summed E-state index contributed by atoms with van der Waals surface area (Å²) in [5, 5.41) is 2.76. The largest absolute Gasteiger partial charge is 0.454 e. The van der Waals surface area contributed by atoms with Crippen LogP contribution >= 0.6 is 0 Å². The number of rotatable bonds is 9. The third-order valence-electron chi connectivity index (χ3n) is 3.05. The predicted octanol–water partition coefficient (Wildman–Crippen LogP) is 1.35. The Morgan fingerprint density at radius 3 is 2.21 bits per heavy atom. The summed E-state index contributed by atoms with van der Waals surface area (Å²) in [6.07, 6.45) is 0.133. The van der Waals surface area contributed by atoms with Crippen molar-refractivity contribution in [2.75, 3.05) is 26.8 Å². The monoisotopic (exact) mass is 344 g/mol. The predicted molar refractivity (Wildman–Crippen MR) is 91.4 cm³/mol. The smallest absolute Gasteiger partial charge is 0.335 e. The summed E-state index contributed by atoms with van der Waals surface area (Å²) in [7, 11) is 1.49. The second-order valence-electron chi connectivity index (χ2n) is 7.35. The number of carbonyl (C=O) groups is 3. The molecule has 0 fully saturated rings. The lowest BCUT2D eigenvalue weighted by Crippen LogP contribution is -2.47. The van der Waals surface area contributed by atoms with Gasteiger partial charge in [0.1, 0.15) is 0 Å². The number of hydrogen-bond donors (Lipinski definition) is 1. The molecule has 0 bridgehead atoms. The van der Waals surface area contributed by atoms with Gasteiger partial charge in [-0.15, -0.1) is 0 Å². The summed E-state index contributed by atoms with van der Waals surface area (Å²) in [6.45, 7) is 11.3. The fourth-order valence-corrected chi connectivity index (χ4v) is 1.67. The Kier molecular flexibility index (Phi) is 9.58. The Bertz CT molecular complexity index is 429. The summed E-state index contributed by atoms with van der Waals surface area (Å²) >= 11 is 0. The topological polar surface area (TPSA) is 84.9 Å². The van der Waals surface area contributed by atoms with Crippen molar-refractivity contribution in [2.45, 2.75) is 59.6 Å². The van der Waals surface area contributed by atoms with Crippen LogP contribution in [0.4, 0.5) is 0 Å². The van der Waals surface area contributed by atoms with Crippen molar-refractivity contribution >= 4 is 17.8 Å². The maximum absolute atomic E-state index is 11.9. The van der Waals surface area contributed by atoms with Crippen LogP contribution in [0.2, 0.25) is 0 Å². The van der Waals surface area contributed by atoms with E-state index in [0.29, 0.717) is 12.5 Å². The molecule has 0 aliphatic carbocycles. The van der Waals surface area contributed by atoms with Gasteiger partial charge in [-0.1, -0.05) is 13.8 Å². The number of likely N-dealkylation sites (N-methyl/N-ethyl adjacent to an activating group) is 1. The van der Waals surface area contributed by atoms with E-state index >= 15 is 0 Å². The van der Waals surface area contributed by atoms with Gasteiger partial charge in [0.05, 0.1) is 6.54 Å². The van der Waals surface area contributed by atoms with E-state index in [4.69, 9.17) is 9.47 Å². The molecule has 0 aliphatic rings. The molecule has 0 aliphatic heterocycles. The molecule has 0 heterocycles. The summed E-state index contributed by atoms with van der Waals surface area (Å²) in [5.41, 5.74) is -0.365. The third kappa shape index (κ3) is 11.0. The number of ether oxygens (including phenoxy) is 2. The lowest BCUT2D eigenvalue weighted by atomic mass is 10.1. The van der Waals surface area contributed by atoms with Gasteiger partial charge in [-0.05, 0) is 40.0 Å². The van der Waals surface area contributed by atoms with E-state index in [1.165, 1.54) is 11.9 Å². The summed E-state index contributed by atoms with van der Waals surface area (Å²) < 4.78 is 10.3. The normalized spacial score (nSPS) is 12.7. The average molecular weight is 344 g/mol. The van der Waals surface area contributed by atoms with Crippen LogP contribution in [0.1, 0.15) is 48.0 Å². The van der Waals surface area contributed by atoms with E-state index in [9.17, 15) is 14.4 Å². The molecule has 1 unspecified atom stereocenters. The van der Waals surface area contributed by atoms with Gasteiger partial charge in [0, 0.05) is 19.2 Å². The summed E-state index contributed by atoms with van der Waals surface area (Å²) in [6, 6.07) is 0. The molecule has 0 aromatic rings. The fourth-order valence-electron chi connectivity index (χ4n) is 1.67. The van der Waals surface area contributed by atoms with Gasteiger partial charge in [0.2, 0.25) is 5.91 Å². The lowest BCUT2D eigenvalue weighted by Gasteiger charge is -2.23. The number of nitrogens with one attached hydrogen (secondary N) is 1. The Balaban J connectivity index is 4.14. The number of esters is 1. The van der Waals surface area contributed by atoms with Crippen molar-refractivity contribution in [3.63, 3.8) is 0 Å². The van der Waals surface area contributed by atoms with E-state index in [1.807, 2.05) is 20.8 Å². The molecule has 1 N–H and O–H groups in total. The van der Waals surface area contributed by atoms with Crippen molar-refractivity contribution < 1.29 is 23.9 Å². The first-order valence-corrected chi connectivity index (χ1v) is 8.25. The maximum atomic E-state index is 11.9. The van der Waals surface area contributed by atoms with Gasteiger partial charge in [-0.2, -0.15) is 0 Å². The molecule has 0 radical (unpaired) electrons. The Morgan fingerprint density at radius 1 is 1.12 bits per heavy atom. The Labute approximate surface area is 145 Å². The van der Waals surface area contributed by atoms with Gasteiger partial charge >= 0.3 is 5.97 Å². The highest BCUT2D eigenvalue weighted by Crippen LogP contribution is 2.03. The molecule has 0 saturated carbocycles. The van der Waals surface area contributed by atoms with Crippen LogP contribution in [-0.2, 0) is 23.9 Å². The van der Waals surface area contributed by atoms with E-state index < -0.39 is 24.6 Å². The van der Waals surface area contributed by atoms with E-state index in [-0.39, 0.29) is 18.0 Å². The first-order chi connectivity index (χ1) is 10.9. The zero-order valence-corrected chi connectivity index (χ0v) is 16.0. The first-order valence-electron chi connectivity index (χ1n) is 8.25. The fraction of sp³-hybridized carbons (Fsp3) is 0.824. The molecule has 1 atom stereocenters. The SMILES string of the molecule is CC(C)CCOC(C)C(=O)OCC(=O)N(C)CC(=O)NC(C)(C)C. The van der Waals surface area contributed by atoms with Crippen LogP contribution in [0.15, 0.2) is 0 Å². The van der Waals surface area contributed by atoms with E-state index in [0.717, 1.165) is 6.42 Å². The minimum atomic E-state index is -0.717. The van der Waals surface area contributed by atoms with Gasteiger partial charge < -0.3 is 19.7 Å². The summed E-state index contributed by atoms with van der Waals surface area (Å²) in [5.74, 6) is -0.806. The quantitative estimate of drug-likeness (QED) is 0.638. The molecular weight excluding hydrogens is 312 g/mol. The molecule has 2 amide bonds. The van der Waals surface area contributed by atoms with Gasteiger partial charge in [-0.25, -0.2) is 4.79 Å². The van der Waals surface area contributed by atoms with Gasteiger partial charge in [-0.3, -0.25) is 9.59 Å². The number of amides is 2. The van der Waals surface area contributed by atoms with Crippen LogP contribution in [0, 0.1) is 5.92 Å².